The van der Waals surface area contributed by atoms with Crippen LogP contribution in [0.5, 0.6) is 5.75 Å². The maximum absolute atomic E-state index is 13.3. The zero-order chi connectivity index (χ0) is 13.9. The largest absolute Gasteiger partial charge is 0.494 e. The Morgan fingerprint density at radius 2 is 2.19 bits per heavy atom. The van der Waals surface area contributed by atoms with Gasteiger partial charge in [0, 0.05) is 22.7 Å². The molecular weight excluding hydrogens is 315 g/mol. The molecule has 0 aliphatic rings. The van der Waals surface area contributed by atoms with E-state index in [1.54, 1.807) is 24.7 Å². The van der Waals surface area contributed by atoms with Gasteiger partial charge in [-0.15, -0.1) is 23.7 Å². The van der Waals surface area contributed by atoms with Crippen LogP contribution >= 0.6 is 23.7 Å². The van der Waals surface area contributed by atoms with E-state index < -0.39 is 5.82 Å². The topological polar surface area (TPSA) is 47.3 Å². The van der Waals surface area contributed by atoms with Crippen molar-refractivity contribution in [3.8, 4) is 17.0 Å². The fraction of sp³-hybridized carbons (Fsp3) is 0.0714. The number of aromatic nitrogens is 1. The molecule has 0 radical (unpaired) electrons. The number of hydrogen-bond acceptors (Lipinski definition) is 5. The summed E-state index contributed by atoms with van der Waals surface area (Å²) in [4.78, 5) is 4.44. The Labute approximate surface area is 131 Å². The number of nitrogens with one attached hydrogen (secondary N) is 1. The van der Waals surface area contributed by atoms with Crippen LogP contribution in [0.4, 0.5) is 15.2 Å². The average Bonchev–Trinajstić information content (AvgIpc) is 3.11. The number of thiazole rings is 1. The lowest BCUT2D eigenvalue weighted by Gasteiger charge is -2.06. The van der Waals surface area contributed by atoms with E-state index in [0.717, 1.165) is 22.1 Å². The molecule has 110 valence electrons. The van der Waals surface area contributed by atoms with E-state index in [4.69, 9.17) is 9.15 Å². The van der Waals surface area contributed by atoms with E-state index in [-0.39, 0.29) is 18.2 Å². The average molecular weight is 327 g/mol. The van der Waals surface area contributed by atoms with E-state index in [1.807, 2.05) is 11.4 Å². The fourth-order valence-electron chi connectivity index (χ4n) is 1.73. The van der Waals surface area contributed by atoms with Crippen LogP contribution < -0.4 is 10.1 Å². The maximum Gasteiger partial charge on any atom is 0.187 e. The number of methoxy groups -OCH3 is 1. The SMILES string of the molecule is COc1cc(Nc2nc(-c3ccoc3)cs2)ccc1F.Cl. The minimum Gasteiger partial charge on any atom is -0.494 e. The van der Waals surface area contributed by atoms with Crippen LogP contribution in [0.15, 0.2) is 46.6 Å². The van der Waals surface area contributed by atoms with Gasteiger partial charge in [-0.1, -0.05) is 0 Å². The number of nitrogens with zero attached hydrogens (tertiary/aromatic N) is 1. The van der Waals surface area contributed by atoms with Crippen molar-refractivity contribution >= 4 is 34.6 Å². The lowest BCUT2D eigenvalue weighted by Crippen LogP contribution is -1.93. The van der Waals surface area contributed by atoms with Gasteiger partial charge in [0.1, 0.15) is 0 Å². The predicted octanol–water partition coefficient (Wildman–Crippen LogP) is 4.72. The van der Waals surface area contributed by atoms with Gasteiger partial charge in [-0.2, -0.15) is 0 Å². The van der Waals surface area contributed by atoms with Crippen LogP contribution in [0.1, 0.15) is 0 Å². The first-order valence-electron chi connectivity index (χ1n) is 5.85. The lowest BCUT2D eigenvalue weighted by atomic mass is 10.3. The Bertz CT molecular complexity index is 716. The molecule has 2 aromatic heterocycles. The highest BCUT2D eigenvalue weighted by Gasteiger charge is 2.08. The summed E-state index contributed by atoms with van der Waals surface area (Å²) in [5.74, 6) is -0.196. The van der Waals surface area contributed by atoms with Gasteiger partial charge < -0.3 is 14.5 Å². The highest BCUT2D eigenvalue weighted by Crippen LogP contribution is 2.29. The molecule has 0 amide bonds. The quantitative estimate of drug-likeness (QED) is 0.754. The Kier molecular flexibility index (Phi) is 4.82. The molecule has 1 N–H and O–H groups in total. The molecule has 2 heterocycles. The van der Waals surface area contributed by atoms with Crippen molar-refractivity contribution in [3.05, 3.63) is 48.0 Å². The van der Waals surface area contributed by atoms with Crippen LogP contribution in [-0.4, -0.2) is 12.1 Å². The van der Waals surface area contributed by atoms with Crippen LogP contribution in [0.25, 0.3) is 11.3 Å². The summed E-state index contributed by atoms with van der Waals surface area (Å²) in [6.07, 6.45) is 3.24. The Morgan fingerprint density at radius 1 is 1.33 bits per heavy atom. The number of halogens is 2. The van der Waals surface area contributed by atoms with Gasteiger partial charge in [-0.25, -0.2) is 9.37 Å². The minimum absolute atomic E-state index is 0. The normalized spacial score (nSPS) is 10.0. The summed E-state index contributed by atoms with van der Waals surface area (Å²) in [5.41, 5.74) is 2.47. The highest BCUT2D eigenvalue weighted by atomic mass is 35.5. The first-order chi connectivity index (χ1) is 9.76. The van der Waals surface area contributed by atoms with Crippen LogP contribution in [0.2, 0.25) is 0 Å². The molecule has 0 atom stereocenters. The summed E-state index contributed by atoms with van der Waals surface area (Å²) in [6, 6.07) is 6.43. The highest BCUT2D eigenvalue weighted by molar-refractivity contribution is 7.14. The minimum atomic E-state index is -0.392. The van der Waals surface area contributed by atoms with Gasteiger partial charge in [-0.3, -0.25) is 0 Å². The molecule has 0 unspecified atom stereocenters. The van der Waals surface area contributed by atoms with Crippen molar-refractivity contribution in [3.63, 3.8) is 0 Å². The van der Waals surface area contributed by atoms with Gasteiger partial charge >= 0.3 is 0 Å². The first-order valence-corrected chi connectivity index (χ1v) is 6.73. The third kappa shape index (κ3) is 3.34. The molecule has 0 bridgehead atoms. The van der Waals surface area contributed by atoms with E-state index >= 15 is 0 Å². The molecule has 3 aromatic rings. The van der Waals surface area contributed by atoms with Crippen LogP contribution in [0.3, 0.4) is 0 Å². The van der Waals surface area contributed by atoms with Crippen molar-refractivity contribution in [1.29, 1.82) is 0 Å². The molecule has 0 aliphatic heterocycles. The van der Waals surface area contributed by atoms with E-state index in [1.165, 1.54) is 24.5 Å². The van der Waals surface area contributed by atoms with Crippen molar-refractivity contribution in [2.45, 2.75) is 0 Å². The van der Waals surface area contributed by atoms with E-state index in [2.05, 4.69) is 10.3 Å². The molecule has 4 nitrogen and oxygen atoms in total. The zero-order valence-electron chi connectivity index (χ0n) is 11.0. The van der Waals surface area contributed by atoms with Gasteiger partial charge in [0.2, 0.25) is 0 Å². The fourth-order valence-corrected chi connectivity index (χ4v) is 2.47. The van der Waals surface area contributed by atoms with E-state index in [9.17, 15) is 4.39 Å². The Hall–Kier alpha value is -2.05. The summed E-state index contributed by atoms with van der Waals surface area (Å²) in [7, 11) is 1.43. The molecule has 0 spiro atoms. The van der Waals surface area contributed by atoms with Crippen molar-refractivity contribution in [1.82, 2.24) is 4.98 Å². The van der Waals surface area contributed by atoms with Crippen molar-refractivity contribution in [2.24, 2.45) is 0 Å². The number of hydrogen-bond donors (Lipinski definition) is 1. The third-order valence-corrected chi connectivity index (χ3v) is 3.48. The zero-order valence-corrected chi connectivity index (χ0v) is 12.6. The Morgan fingerprint density at radius 3 is 2.90 bits per heavy atom. The predicted molar refractivity (Wildman–Crippen MR) is 83.3 cm³/mol. The second-order valence-electron chi connectivity index (χ2n) is 4.02. The van der Waals surface area contributed by atoms with Crippen molar-refractivity contribution < 1.29 is 13.5 Å². The molecular formula is C14H12ClFN2O2S. The van der Waals surface area contributed by atoms with Gasteiger partial charge in [0.15, 0.2) is 16.7 Å². The molecule has 0 aliphatic carbocycles. The number of rotatable bonds is 4. The number of furan rings is 1. The molecule has 21 heavy (non-hydrogen) atoms. The van der Waals surface area contributed by atoms with Gasteiger partial charge in [-0.05, 0) is 18.2 Å². The molecule has 0 saturated carbocycles. The van der Waals surface area contributed by atoms with Crippen LogP contribution in [-0.2, 0) is 0 Å². The van der Waals surface area contributed by atoms with Gasteiger partial charge in [0.05, 0.1) is 25.3 Å². The van der Waals surface area contributed by atoms with Crippen LogP contribution in [0, 0.1) is 5.82 Å². The summed E-state index contributed by atoms with van der Waals surface area (Å²) >= 11 is 1.46. The second-order valence-corrected chi connectivity index (χ2v) is 4.88. The number of benzene rings is 1. The molecule has 0 fully saturated rings. The summed E-state index contributed by atoms with van der Waals surface area (Å²) in [5, 5.41) is 5.76. The summed E-state index contributed by atoms with van der Waals surface area (Å²) in [6.45, 7) is 0. The third-order valence-electron chi connectivity index (χ3n) is 2.72. The van der Waals surface area contributed by atoms with Gasteiger partial charge in [0.25, 0.3) is 0 Å². The first kappa shape index (κ1) is 15.3. The molecule has 1 aromatic carbocycles. The lowest BCUT2D eigenvalue weighted by molar-refractivity contribution is 0.387. The Balaban J connectivity index is 0.00000161. The standard InChI is InChI=1S/C14H11FN2O2S.ClH/c1-18-13-6-10(2-3-11(13)15)16-14-17-12(8-20-14)9-4-5-19-7-9;/h2-8H,1H3,(H,16,17);1H. The summed E-state index contributed by atoms with van der Waals surface area (Å²) < 4.78 is 23.3. The molecule has 3 rings (SSSR count). The van der Waals surface area contributed by atoms with E-state index in [0.29, 0.717) is 0 Å². The molecule has 7 heteroatoms. The second kappa shape index (κ2) is 6.60. The molecule has 0 saturated heterocycles. The number of ether oxygens (including phenoxy) is 1. The van der Waals surface area contributed by atoms with Crippen molar-refractivity contribution in [2.75, 3.05) is 12.4 Å². The maximum atomic E-state index is 13.3. The monoisotopic (exact) mass is 326 g/mol. The number of anilines is 2. The smallest absolute Gasteiger partial charge is 0.187 e.